The molecule has 0 unspecified atom stereocenters. The third-order valence-corrected chi connectivity index (χ3v) is 5.75. The summed E-state index contributed by atoms with van der Waals surface area (Å²) in [4.78, 5) is 12.0. The minimum Gasteiger partial charge on any atom is -0.484 e. The second kappa shape index (κ2) is 9.20. The average molecular weight is 368 g/mol. The number of nitrogens with zero attached hydrogens (tertiary/aromatic N) is 1. The van der Waals surface area contributed by atoms with E-state index in [4.69, 9.17) is 4.74 Å². The van der Waals surface area contributed by atoms with Crippen molar-refractivity contribution in [3.8, 4) is 5.75 Å². The highest BCUT2D eigenvalue weighted by molar-refractivity contribution is 7.88. The molecule has 1 saturated carbocycles. The van der Waals surface area contributed by atoms with Gasteiger partial charge in [-0.2, -0.15) is 0 Å². The largest absolute Gasteiger partial charge is 0.484 e. The van der Waals surface area contributed by atoms with Gasteiger partial charge in [0.1, 0.15) is 5.75 Å². The van der Waals surface area contributed by atoms with Crippen molar-refractivity contribution in [2.24, 2.45) is 0 Å². The molecule has 0 aromatic heterocycles. The van der Waals surface area contributed by atoms with E-state index in [9.17, 15) is 13.2 Å². The normalized spacial score (nSPS) is 16.4. The van der Waals surface area contributed by atoms with E-state index in [1.54, 1.807) is 24.3 Å². The fourth-order valence-electron chi connectivity index (χ4n) is 2.91. The molecule has 25 heavy (non-hydrogen) atoms. The highest BCUT2D eigenvalue weighted by Crippen LogP contribution is 2.17. The third-order valence-electron chi connectivity index (χ3n) is 4.48. The lowest BCUT2D eigenvalue weighted by Gasteiger charge is -2.16. The molecular weight excluding hydrogens is 340 g/mol. The van der Waals surface area contributed by atoms with Crippen LogP contribution in [0.3, 0.4) is 0 Å². The molecule has 7 heteroatoms. The monoisotopic (exact) mass is 368 g/mol. The van der Waals surface area contributed by atoms with Crippen LogP contribution in [-0.2, 0) is 21.4 Å². The number of carbonyl (C=O) groups is 1. The van der Waals surface area contributed by atoms with Crippen LogP contribution in [0.4, 0.5) is 0 Å². The molecule has 6 nitrogen and oxygen atoms in total. The van der Waals surface area contributed by atoms with Gasteiger partial charge in [0.25, 0.3) is 5.91 Å². The number of ether oxygens (including phenoxy) is 1. The minimum absolute atomic E-state index is 0.000904. The average Bonchev–Trinajstić information content (AvgIpc) is 2.82. The van der Waals surface area contributed by atoms with Crippen LogP contribution in [0.25, 0.3) is 0 Å². The molecule has 0 saturated heterocycles. The highest BCUT2D eigenvalue weighted by Gasteiger charge is 2.15. The van der Waals surface area contributed by atoms with E-state index in [1.165, 1.54) is 43.3 Å². The van der Waals surface area contributed by atoms with Gasteiger partial charge in [0, 0.05) is 19.6 Å². The lowest BCUT2D eigenvalue weighted by atomic mass is 10.1. The number of hydrogen-bond acceptors (Lipinski definition) is 4. The van der Waals surface area contributed by atoms with Crippen molar-refractivity contribution in [2.45, 2.75) is 51.1 Å². The molecule has 1 aromatic rings. The van der Waals surface area contributed by atoms with Gasteiger partial charge in [-0.05, 0) is 30.5 Å². The number of nitrogens with one attached hydrogen (secondary N) is 1. The van der Waals surface area contributed by atoms with Gasteiger partial charge < -0.3 is 10.1 Å². The molecule has 0 atom stereocenters. The van der Waals surface area contributed by atoms with E-state index < -0.39 is 10.0 Å². The Balaban J connectivity index is 1.78. The van der Waals surface area contributed by atoms with Crippen LogP contribution in [0.2, 0.25) is 0 Å². The van der Waals surface area contributed by atoms with E-state index in [-0.39, 0.29) is 18.6 Å². The van der Waals surface area contributed by atoms with E-state index in [1.807, 2.05) is 0 Å². The van der Waals surface area contributed by atoms with Gasteiger partial charge in [-0.1, -0.05) is 37.8 Å². The van der Waals surface area contributed by atoms with Crippen molar-refractivity contribution in [3.63, 3.8) is 0 Å². The van der Waals surface area contributed by atoms with Gasteiger partial charge in [-0.3, -0.25) is 4.79 Å². The van der Waals surface area contributed by atoms with E-state index in [0.717, 1.165) is 18.4 Å². The summed E-state index contributed by atoms with van der Waals surface area (Å²) in [7, 11) is -1.66. The summed E-state index contributed by atoms with van der Waals surface area (Å²) < 4.78 is 29.6. The van der Waals surface area contributed by atoms with Crippen LogP contribution in [-0.4, -0.2) is 44.6 Å². The molecule has 1 amide bonds. The number of carbonyl (C=O) groups excluding carboxylic acids is 1. The van der Waals surface area contributed by atoms with Gasteiger partial charge in [-0.15, -0.1) is 0 Å². The predicted molar refractivity (Wildman–Crippen MR) is 97.9 cm³/mol. The second-order valence-electron chi connectivity index (χ2n) is 6.71. The van der Waals surface area contributed by atoms with Crippen molar-refractivity contribution >= 4 is 15.9 Å². The van der Waals surface area contributed by atoms with E-state index in [0.29, 0.717) is 12.3 Å². The van der Waals surface area contributed by atoms with E-state index >= 15 is 0 Å². The van der Waals surface area contributed by atoms with Crippen LogP contribution in [0.1, 0.15) is 44.1 Å². The zero-order valence-corrected chi connectivity index (χ0v) is 15.8. The SMILES string of the molecule is CN(Cc1ccc(OCC(=O)NC2CCCCCC2)cc1)S(C)(=O)=O. The van der Waals surface area contributed by atoms with Gasteiger partial charge in [0.05, 0.1) is 6.26 Å². The first-order valence-corrected chi connectivity index (χ1v) is 10.6. The van der Waals surface area contributed by atoms with Crippen molar-refractivity contribution in [3.05, 3.63) is 29.8 Å². The van der Waals surface area contributed by atoms with Crippen LogP contribution in [0.5, 0.6) is 5.75 Å². The molecule has 140 valence electrons. The maximum absolute atomic E-state index is 12.0. The first-order valence-electron chi connectivity index (χ1n) is 8.77. The number of rotatable bonds is 7. The Morgan fingerprint density at radius 2 is 1.76 bits per heavy atom. The molecule has 0 aliphatic heterocycles. The minimum atomic E-state index is -3.20. The topological polar surface area (TPSA) is 75.7 Å². The van der Waals surface area contributed by atoms with Crippen LogP contribution < -0.4 is 10.1 Å². The molecule has 1 N–H and O–H groups in total. The number of amides is 1. The first kappa shape index (κ1) is 19.7. The molecule has 2 rings (SSSR count). The fraction of sp³-hybridized carbons (Fsp3) is 0.611. The molecule has 0 spiro atoms. The van der Waals surface area contributed by atoms with Crippen molar-refractivity contribution in [1.29, 1.82) is 0 Å². The van der Waals surface area contributed by atoms with Crippen molar-refractivity contribution < 1.29 is 17.9 Å². The second-order valence-corrected chi connectivity index (χ2v) is 8.80. The summed E-state index contributed by atoms with van der Waals surface area (Å²) in [5.41, 5.74) is 0.864. The lowest BCUT2D eigenvalue weighted by molar-refractivity contribution is -0.123. The maximum atomic E-state index is 12.0. The van der Waals surface area contributed by atoms with Crippen LogP contribution in [0, 0.1) is 0 Å². The van der Waals surface area contributed by atoms with Gasteiger partial charge in [0.15, 0.2) is 6.61 Å². The molecule has 1 fully saturated rings. The molecule has 0 bridgehead atoms. The molecule has 0 heterocycles. The molecule has 1 aliphatic rings. The smallest absolute Gasteiger partial charge is 0.258 e. The standard InChI is InChI=1S/C18H28N2O4S/c1-20(25(2,22)23)13-15-9-11-17(12-10-15)24-14-18(21)19-16-7-5-3-4-6-8-16/h9-12,16H,3-8,13-14H2,1-2H3,(H,19,21). The molecular formula is C18H28N2O4S. The fourth-order valence-corrected chi connectivity index (χ4v) is 3.29. The maximum Gasteiger partial charge on any atom is 0.258 e. The van der Waals surface area contributed by atoms with Crippen LogP contribution in [0.15, 0.2) is 24.3 Å². The Kier molecular flexibility index (Phi) is 7.25. The molecule has 0 radical (unpaired) electrons. The lowest BCUT2D eigenvalue weighted by Crippen LogP contribution is -2.37. The third kappa shape index (κ3) is 7.04. The van der Waals surface area contributed by atoms with Gasteiger partial charge >= 0.3 is 0 Å². The summed E-state index contributed by atoms with van der Waals surface area (Å²) in [6.45, 7) is 0.306. The predicted octanol–water partition coefficient (Wildman–Crippen LogP) is 2.30. The zero-order chi connectivity index (χ0) is 18.3. The van der Waals surface area contributed by atoms with Gasteiger partial charge in [-0.25, -0.2) is 12.7 Å². The zero-order valence-electron chi connectivity index (χ0n) is 15.0. The summed E-state index contributed by atoms with van der Waals surface area (Å²) in [6.07, 6.45) is 8.14. The Labute approximate surface area is 150 Å². The highest BCUT2D eigenvalue weighted by atomic mass is 32.2. The summed E-state index contributed by atoms with van der Waals surface area (Å²) in [5, 5.41) is 3.05. The number of hydrogen-bond donors (Lipinski definition) is 1. The Morgan fingerprint density at radius 3 is 2.32 bits per heavy atom. The van der Waals surface area contributed by atoms with Crippen molar-refractivity contribution in [1.82, 2.24) is 9.62 Å². The van der Waals surface area contributed by atoms with E-state index in [2.05, 4.69) is 5.32 Å². The molecule has 1 aliphatic carbocycles. The number of sulfonamides is 1. The Morgan fingerprint density at radius 1 is 1.16 bits per heavy atom. The molecule has 1 aromatic carbocycles. The summed E-state index contributed by atoms with van der Waals surface area (Å²) in [5.74, 6) is 0.509. The number of benzene rings is 1. The van der Waals surface area contributed by atoms with Crippen molar-refractivity contribution in [2.75, 3.05) is 19.9 Å². The quantitative estimate of drug-likeness (QED) is 0.749. The summed E-state index contributed by atoms with van der Waals surface area (Å²) in [6, 6.07) is 7.39. The van der Waals surface area contributed by atoms with Crippen LogP contribution >= 0.6 is 0 Å². The van der Waals surface area contributed by atoms with Gasteiger partial charge in [0.2, 0.25) is 10.0 Å². The Hall–Kier alpha value is -1.60. The summed E-state index contributed by atoms with van der Waals surface area (Å²) >= 11 is 0. The Bertz CT molecular complexity index is 650. The first-order chi connectivity index (χ1) is 11.8.